The molecule has 1 N–H and O–H groups in total. The molecule has 5 heteroatoms. The maximum Gasteiger partial charge on any atom is 0.255 e. The standard InChI is InChI=1S/C26H26N2O2S/c1-3-18-8-10-20(11-9-18)25(30)27-22-14-12-21(13-15-22)26-28(24(29)17-31-26)23-7-5-6-19(4-2)16-23/h5-16,26H,3-4,17H2,1-2H3,(H,27,30)/t26-/m0/s1. The van der Waals surface area contributed by atoms with Crippen molar-refractivity contribution < 1.29 is 9.59 Å². The normalized spacial score (nSPS) is 15.9. The molecule has 4 rings (SSSR count). The molecule has 0 bridgehead atoms. The molecule has 2 amide bonds. The molecule has 31 heavy (non-hydrogen) atoms. The number of benzene rings is 3. The summed E-state index contributed by atoms with van der Waals surface area (Å²) >= 11 is 1.63. The first-order valence-electron chi connectivity index (χ1n) is 10.6. The van der Waals surface area contributed by atoms with Crippen LogP contribution in [0.2, 0.25) is 0 Å². The van der Waals surface area contributed by atoms with Crippen LogP contribution in [0.4, 0.5) is 11.4 Å². The molecule has 0 saturated carbocycles. The number of carbonyl (C=O) groups excluding carboxylic acids is 2. The SMILES string of the molecule is CCc1ccc(C(=O)Nc2ccc([C@@H]3SCC(=O)N3c3cccc(CC)c3)cc2)cc1. The lowest BCUT2D eigenvalue weighted by Crippen LogP contribution is -2.27. The molecule has 4 nitrogen and oxygen atoms in total. The van der Waals surface area contributed by atoms with Gasteiger partial charge >= 0.3 is 0 Å². The summed E-state index contributed by atoms with van der Waals surface area (Å²) in [5.74, 6) is 0.461. The fourth-order valence-electron chi connectivity index (χ4n) is 3.70. The van der Waals surface area contributed by atoms with E-state index in [9.17, 15) is 9.59 Å². The van der Waals surface area contributed by atoms with Crippen LogP contribution in [0.3, 0.4) is 0 Å². The number of amides is 2. The number of anilines is 2. The van der Waals surface area contributed by atoms with E-state index in [1.807, 2.05) is 65.6 Å². The first kappa shape index (κ1) is 21.2. The van der Waals surface area contributed by atoms with Crippen LogP contribution in [0, 0.1) is 0 Å². The van der Waals surface area contributed by atoms with Gasteiger partial charge in [0.2, 0.25) is 5.91 Å². The summed E-state index contributed by atoms with van der Waals surface area (Å²) in [6, 6.07) is 23.6. The van der Waals surface area contributed by atoms with Crippen LogP contribution in [-0.4, -0.2) is 17.6 Å². The van der Waals surface area contributed by atoms with E-state index in [-0.39, 0.29) is 17.2 Å². The van der Waals surface area contributed by atoms with E-state index in [1.54, 1.807) is 11.8 Å². The van der Waals surface area contributed by atoms with Crippen LogP contribution < -0.4 is 10.2 Å². The lowest BCUT2D eigenvalue weighted by Gasteiger charge is -2.25. The van der Waals surface area contributed by atoms with E-state index >= 15 is 0 Å². The van der Waals surface area contributed by atoms with Crippen LogP contribution in [-0.2, 0) is 17.6 Å². The molecule has 0 aromatic heterocycles. The average molecular weight is 431 g/mol. The third kappa shape index (κ3) is 4.67. The zero-order chi connectivity index (χ0) is 21.8. The first-order valence-corrected chi connectivity index (χ1v) is 11.7. The number of hydrogen-bond acceptors (Lipinski definition) is 3. The van der Waals surface area contributed by atoms with Gasteiger partial charge in [-0.3, -0.25) is 14.5 Å². The molecule has 0 aliphatic carbocycles. The maximum atomic E-state index is 12.6. The Balaban J connectivity index is 1.50. The van der Waals surface area contributed by atoms with E-state index < -0.39 is 0 Å². The van der Waals surface area contributed by atoms with E-state index in [0.29, 0.717) is 11.3 Å². The average Bonchev–Trinajstić information content (AvgIpc) is 3.21. The molecular formula is C26H26N2O2S. The van der Waals surface area contributed by atoms with Crippen molar-refractivity contribution in [1.82, 2.24) is 0 Å². The van der Waals surface area contributed by atoms with Crippen molar-refractivity contribution in [2.75, 3.05) is 16.0 Å². The molecule has 1 atom stereocenters. The number of carbonyl (C=O) groups is 2. The highest BCUT2D eigenvalue weighted by Gasteiger charge is 2.34. The number of nitrogens with one attached hydrogen (secondary N) is 1. The molecule has 0 radical (unpaired) electrons. The number of hydrogen-bond donors (Lipinski definition) is 1. The number of rotatable bonds is 6. The van der Waals surface area contributed by atoms with E-state index in [4.69, 9.17) is 0 Å². The molecule has 1 aliphatic rings. The van der Waals surface area contributed by atoms with Crippen LogP contribution in [0.5, 0.6) is 0 Å². The Morgan fingerprint density at radius 1 is 0.968 bits per heavy atom. The van der Waals surface area contributed by atoms with Gasteiger partial charge in [0.25, 0.3) is 5.91 Å². The molecule has 1 saturated heterocycles. The molecule has 1 fully saturated rings. The molecule has 3 aromatic carbocycles. The van der Waals surface area contributed by atoms with Crippen molar-refractivity contribution in [3.8, 4) is 0 Å². The van der Waals surface area contributed by atoms with Gasteiger partial charge < -0.3 is 5.32 Å². The summed E-state index contributed by atoms with van der Waals surface area (Å²) in [5, 5.41) is 2.89. The van der Waals surface area contributed by atoms with Gasteiger partial charge in [0.15, 0.2) is 0 Å². The molecule has 1 heterocycles. The van der Waals surface area contributed by atoms with E-state index in [0.717, 1.165) is 29.8 Å². The second kappa shape index (κ2) is 9.40. The Labute approximate surface area is 187 Å². The Kier molecular flexibility index (Phi) is 6.42. The Bertz CT molecular complexity index is 1080. The smallest absolute Gasteiger partial charge is 0.255 e. The van der Waals surface area contributed by atoms with Gasteiger partial charge in [-0.1, -0.05) is 50.2 Å². The van der Waals surface area contributed by atoms with Gasteiger partial charge in [0.1, 0.15) is 5.37 Å². The minimum atomic E-state index is -0.126. The lowest BCUT2D eigenvalue weighted by atomic mass is 10.1. The Morgan fingerprint density at radius 2 is 1.68 bits per heavy atom. The zero-order valence-electron chi connectivity index (χ0n) is 17.8. The van der Waals surface area contributed by atoms with Crippen LogP contribution in [0.1, 0.15) is 46.3 Å². The summed E-state index contributed by atoms with van der Waals surface area (Å²) in [4.78, 5) is 27.0. The molecule has 158 valence electrons. The summed E-state index contributed by atoms with van der Waals surface area (Å²) in [7, 11) is 0. The van der Waals surface area contributed by atoms with Crippen LogP contribution in [0.25, 0.3) is 0 Å². The minimum Gasteiger partial charge on any atom is -0.322 e. The van der Waals surface area contributed by atoms with Gasteiger partial charge in [0.05, 0.1) is 5.75 Å². The Hall–Kier alpha value is -3.05. The largest absolute Gasteiger partial charge is 0.322 e. The van der Waals surface area contributed by atoms with Crippen molar-refractivity contribution in [3.05, 3.63) is 95.1 Å². The monoisotopic (exact) mass is 430 g/mol. The molecule has 0 spiro atoms. The van der Waals surface area contributed by atoms with Crippen molar-refractivity contribution in [2.24, 2.45) is 0 Å². The van der Waals surface area contributed by atoms with Gasteiger partial charge in [0, 0.05) is 16.9 Å². The second-order valence-electron chi connectivity index (χ2n) is 7.58. The lowest BCUT2D eigenvalue weighted by molar-refractivity contribution is -0.115. The van der Waals surface area contributed by atoms with Gasteiger partial charge in [-0.05, 0) is 65.9 Å². The van der Waals surface area contributed by atoms with Crippen molar-refractivity contribution in [3.63, 3.8) is 0 Å². The fraction of sp³-hybridized carbons (Fsp3) is 0.231. The van der Waals surface area contributed by atoms with Crippen molar-refractivity contribution >= 4 is 35.0 Å². The van der Waals surface area contributed by atoms with Gasteiger partial charge in [-0.15, -0.1) is 11.8 Å². The van der Waals surface area contributed by atoms with Crippen molar-refractivity contribution in [1.29, 1.82) is 0 Å². The van der Waals surface area contributed by atoms with E-state index in [2.05, 4.69) is 31.3 Å². The third-order valence-corrected chi connectivity index (χ3v) is 6.76. The zero-order valence-corrected chi connectivity index (χ0v) is 18.6. The maximum absolute atomic E-state index is 12.6. The topological polar surface area (TPSA) is 49.4 Å². The quantitative estimate of drug-likeness (QED) is 0.534. The van der Waals surface area contributed by atoms with Gasteiger partial charge in [-0.25, -0.2) is 0 Å². The first-order chi connectivity index (χ1) is 15.1. The van der Waals surface area contributed by atoms with E-state index in [1.165, 1.54) is 11.1 Å². The fourth-order valence-corrected chi connectivity index (χ4v) is 4.88. The highest BCUT2D eigenvalue weighted by molar-refractivity contribution is 8.00. The molecule has 3 aromatic rings. The van der Waals surface area contributed by atoms with Gasteiger partial charge in [-0.2, -0.15) is 0 Å². The number of aryl methyl sites for hydroxylation is 2. The number of thioether (sulfide) groups is 1. The highest BCUT2D eigenvalue weighted by Crippen LogP contribution is 2.42. The molecule has 1 aliphatic heterocycles. The minimum absolute atomic E-state index is 0.0639. The Morgan fingerprint density at radius 3 is 2.35 bits per heavy atom. The summed E-state index contributed by atoms with van der Waals surface area (Å²) < 4.78 is 0. The highest BCUT2D eigenvalue weighted by atomic mass is 32.2. The van der Waals surface area contributed by atoms with Crippen LogP contribution >= 0.6 is 11.8 Å². The van der Waals surface area contributed by atoms with Crippen molar-refractivity contribution in [2.45, 2.75) is 32.1 Å². The molecule has 0 unspecified atom stereocenters. The second-order valence-corrected chi connectivity index (χ2v) is 8.65. The summed E-state index contributed by atoms with van der Waals surface area (Å²) in [6.45, 7) is 4.21. The number of nitrogens with zero attached hydrogens (tertiary/aromatic N) is 1. The third-order valence-electron chi connectivity index (χ3n) is 5.54. The molecular weight excluding hydrogens is 404 g/mol. The summed E-state index contributed by atoms with van der Waals surface area (Å²) in [5.41, 5.74) is 5.78. The van der Waals surface area contributed by atoms with Crippen LogP contribution in [0.15, 0.2) is 72.8 Å². The predicted molar refractivity (Wildman–Crippen MR) is 129 cm³/mol. The predicted octanol–water partition coefficient (Wildman–Crippen LogP) is 5.84. The summed E-state index contributed by atoms with van der Waals surface area (Å²) in [6.07, 6.45) is 1.88.